The van der Waals surface area contributed by atoms with E-state index in [0.717, 1.165) is 45.3 Å². The van der Waals surface area contributed by atoms with Crippen molar-refractivity contribution in [2.45, 2.75) is 45.1 Å². The molecule has 0 N–H and O–H groups in total. The average molecular weight is 434 g/mol. The van der Waals surface area contributed by atoms with E-state index in [0.29, 0.717) is 13.1 Å². The lowest BCUT2D eigenvalue weighted by Crippen LogP contribution is -2.57. The molecule has 0 saturated carbocycles. The second kappa shape index (κ2) is 9.86. The van der Waals surface area contributed by atoms with Gasteiger partial charge in [-0.3, -0.25) is 9.69 Å². The number of likely N-dealkylation sites (tertiary alicyclic amines) is 1. The van der Waals surface area contributed by atoms with Gasteiger partial charge in [0.15, 0.2) is 0 Å². The monoisotopic (exact) mass is 433 g/mol. The van der Waals surface area contributed by atoms with E-state index in [-0.39, 0.29) is 17.9 Å². The van der Waals surface area contributed by atoms with Gasteiger partial charge in [-0.15, -0.1) is 0 Å². The predicted molar refractivity (Wildman–Crippen MR) is 127 cm³/mol. The Balaban J connectivity index is 1.45. The molecule has 2 heterocycles. The summed E-state index contributed by atoms with van der Waals surface area (Å²) in [5.41, 5.74) is 1.86. The summed E-state index contributed by atoms with van der Waals surface area (Å²) in [4.78, 5) is 32.8. The van der Waals surface area contributed by atoms with Crippen LogP contribution in [0.15, 0.2) is 60.7 Å². The number of carbonyl (C=O) groups is 2. The molecule has 2 aliphatic heterocycles. The number of hydrogen-bond donors (Lipinski definition) is 0. The van der Waals surface area contributed by atoms with E-state index in [1.807, 2.05) is 29.2 Å². The van der Waals surface area contributed by atoms with Crippen LogP contribution in [0.4, 0.5) is 4.79 Å². The van der Waals surface area contributed by atoms with Crippen molar-refractivity contribution in [2.75, 3.05) is 32.7 Å². The molecule has 32 heavy (non-hydrogen) atoms. The summed E-state index contributed by atoms with van der Waals surface area (Å²) in [6.07, 6.45) is 3.22. The van der Waals surface area contributed by atoms with Gasteiger partial charge in [-0.1, -0.05) is 74.5 Å². The Morgan fingerprint density at radius 3 is 1.88 bits per heavy atom. The summed E-state index contributed by atoms with van der Waals surface area (Å²) in [5.74, 6) is 0.284. The molecule has 0 unspecified atom stereocenters. The van der Waals surface area contributed by atoms with Crippen LogP contribution in [-0.2, 0) is 17.6 Å². The van der Waals surface area contributed by atoms with Crippen molar-refractivity contribution in [3.8, 4) is 0 Å². The first-order chi connectivity index (χ1) is 15.5. The lowest BCUT2D eigenvalue weighted by atomic mass is 9.85. The molecule has 2 aliphatic rings. The van der Waals surface area contributed by atoms with Gasteiger partial charge in [-0.25, -0.2) is 4.79 Å². The normalized spacial score (nSPS) is 18.8. The fourth-order valence-electron chi connectivity index (χ4n) is 5.07. The van der Waals surface area contributed by atoms with Gasteiger partial charge in [0.1, 0.15) is 5.54 Å². The van der Waals surface area contributed by atoms with Gasteiger partial charge in [0.05, 0.1) is 0 Å². The van der Waals surface area contributed by atoms with E-state index in [4.69, 9.17) is 0 Å². The zero-order valence-electron chi connectivity index (χ0n) is 19.4. The smallest absolute Gasteiger partial charge is 0.309 e. The van der Waals surface area contributed by atoms with Crippen molar-refractivity contribution >= 4 is 11.9 Å². The van der Waals surface area contributed by atoms with E-state index in [2.05, 4.69) is 55.1 Å². The van der Waals surface area contributed by atoms with Crippen LogP contribution in [0.2, 0.25) is 0 Å². The van der Waals surface area contributed by atoms with Crippen molar-refractivity contribution in [3.05, 3.63) is 71.8 Å². The standard InChI is InChI=1S/C27H35N3O2/c1-22(2)21-29-25(31)27(30(26(29)32)18-14-24-11-7-4-8-12-24)15-19-28(20-16-27)17-13-23-9-5-3-6-10-23/h3-12,22H,13-21H2,1-2H3. The second-order valence-electron chi connectivity index (χ2n) is 9.59. The lowest BCUT2D eigenvalue weighted by molar-refractivity contribution is -0.136. The highest BCUT2D eigenvalue weighted by Crippen LogP contribution is 2.38. The molecule has 3 amide bonds. The third kappa shape index (κ3) is 4.73. The van der Waals surface area contributed by atoms with Crippen LogP contribution in [0.3, 0.4) is 0 Å². The van der Waals surface area contributed by atoms with Crippen molar-refractivity contribution in [1.82, 2.24) is 14.7 Å². The quantitative estimate of drug-likeness (QED) is 0.586. The van der Waals surface area contributed by atoms with Gasteiger partial charge in [0.2, 0.25) is 0 Å². The second-order valence-corrected chi connectivity index (χ2v) is 9.59. The Hall–Kier alpha value is -2.66. The van der Waals surface area contributed by atoms with Gasteiger partial charge >= 0.3 is 6.03 Å². The van der Waals surface area contributed by atoms with Crippen molar-refractivity contribution in [3.63, 3.8) is 0 Å². The third-order valence-electron chi connectivity index (χ3n) is 6.88. The molecule has 0 atom stereocenters. The maximum atomic E-state index is 13.6. The highest BCUT2D eigenvalue weighted by atomic mass is 16.2. The first-order valence-corrected chi connectivity index (χ1v) is 11.9. The van der Waals surface area contributed by atoms with Gasteiger partial charge in [0, 0.05) is 32.7 Å². The summed E-state index contributed by atoms with van der Waals surface area (Å²) >= 11 is 0. The van der Waals surface area contributed by atoms with Crippen molar-refractivity contribution in [1.29, 1.82) is 0 Å². The number of carbonyl (C=O) groups excluding carboxylic acids is 2. The molecule has 2 aromatic carbocycles. The van der Waals surface area contributed by atoms with Gasteiger partial charge in [-0.2, -0.15) is 0 Å². The van der Waals surface area contributed by atoms with E-state index >= 15 is 0 Å². The summed E-state index contributed by atoms with van der Waals surface area (Å²) in [7, 11) is 0. The fraction of sp³-hybridized carbons (Fsp3) is 0.481. The first kappa shape index (κ1) is 22.5. The Labute approximate surface area is 192 Å². The molecule has 1 spiro atoms. The number of piperidine rings is 1. The predicted octanol–water partition coefficient (Wildman–Crippen LogP) is 4.23. The molecular weight excluding hydrogens is 398 g/mol. The first-order valence-electron chi connectivity index (χ1n) is 11.9. The number of urea groups is 1. The Morgan fingerprint density at radius 2 is 1.34 bits per heavy atom. The molecule has 5 nitrogen and oxygen atoms in total. The number of benzene rings is 2. The van der Waals surface area contributed by atoms with Gasteiger partial charge in [0.25, 0.3) is 5.91 Å². The Bertz CT molecular complexity index is 905. The lowest BCUT2D eigenvalue weighted by Gasteiger charge is -2.42. The number of amides is 3. The molecule has 170 valence electrons. The van der Waals surface area contributed by atoms with E-state index < -0.39 is 5.54 Å². The molecule has 2 saturated heterocycles. The molecule has 5 heteroatoms. The van der Waals surface area contributed by atoms with Gasteiger partial charge < -0.3 is 9.80 Å². The third-order valence-corrected chi connectivity index (χ3v) is 6.88. The van der Waals surface area contributed by atoms with Crippen LogP contribution in [0, 0.1) is 5.92 Å². The summed E-state index contributed by atoms with van der Waals surface area (Å²) in [5, 5.41) is 0. The van der Waals surface area contributed by atoms with E-state index in [9.17, 15) is 9.59 Å². The highest BCUT2D eigenvalue weighted by molar-refractivity contribution is 6.07. The number of hydrogen-bond acceptors (Lipinski definition) is 3. The van der Waals surface area contributed by atoms with Crippen LogP contribution < -0.4 is 0 Å². The van der Waals surface area contributed by atoms with Crippen LogP contribution in [0.1, 0.15) is 37.8 Å². The van der Waals surface area contributed by atoms with E-state index in [1.165, 1.54) is 16.0 Å². The van der Waals surface area contributed by atoms with Crippen LogP contribution in [0.25, 0.3) is 0 Å². The molecule has 2 fully saturated rings. The topological polar surface area (TPSA) is 43.9 Å². The molecular formula is C27H35N3O2. The Kier molecular flexibility index (Phi) is 6.95. The molecule has 0 radical (unpaired) electrons. The SMILES string of the molecule is CC(C)CN1C(=O)N(CCc2ccccc2)C2(CCN(CCc3ccccc3)CC2)C1=O. The zero-order valence-corrected chi connectivity index (χ0v) is 19.4. The maximum Gasteiger partial charge on any atom is 0.327 e. The summed E-state index contributed by atoms with van der Waals surface area (Å²) < 4.78 is 0. The Morgan fingerprint density at radius 1 is 0.812 bits per heavy atom. The highest BCUT2D eigenvalue weighted by Gasteiger charge is 2.57. The maximum absolute atomic E-state index is 13.6. The van der Waals surface area contributed by atoms with Crippen molar-refractivity contribution < 1.29 is 9.59 Å². The zero-order chi connectivity index (χ0) is 22.6. The van der Waals surface area contributed by atoms with Crippen LogP contribution in [0.5, 0.6) is 0 Å². The number of rotatable bonds is 8. The largest absolute Gasteiger partial charge is 0.327 e. The molecule has 0 aliphatic carbocycles. The minimum Gasteiger partial charge on any atom is -0.309 e. The number of nitrogens with zero attached hydrogens (tertiary/aromatic N) is 3. The average Bonchev–Trinajstić information content (AvgIpc) is 2.99. The number of imide groups is 1. The van der Waals surface area contributed by atoms with Crippen LogP contribution >= 0.6 is 0 Å². The summed E-state index contributed by atoms with van der Waals surface area (Å²) in [6.45, 7) is 7.90. The summed E-state index contributed by atoms with van der Waals surface area (Å²) in [6, 6.07) is 20.7. The molecule has 2 aromatic rings. The fourth-order valence-corrected chi connectivity index (χ4v) is 5.07. The molecule has 4 rings (SSSR count). The van der Waals surface area contributed by atoms with Crippen molar-refractivity contribution in [2.24, 2.45) is 5.92 Å². The van der Waals surface area contributed by atoms with Gasteiger partial charge in [-0.05, 0) is 42.7 Å². The minimum absolute atomic E-state index is 0.0203. The minimum atomic E-state index is -0.677. The molecule has 0 aromatic heterocycles. The van der Waals surface area contributed by atoms with Crippen LogP contribution in [-0.4, -0.2) is 64.9 Å². The molecule has 0 bridgehead atoms. The van der Waals surface area contributed by atoms with E-state index in [1.54, 1.807) is 0 Å².